The summed E-state index contributed by atoms with van der Waals surface area (Å²) in [5.41, 5.74) is 1.86. The minimum Gasteiger partial charge on any atom is -0.299 e. The first kappa shape index (κ1) is 14.2. The van der Waals surface area contributed by atoms with E-state index in [4.69, 9.17) is 0 Å². The third-order valence-corrected chi connectivity index (χ3v) is 2.97. The number of rotatable bonds is 6. The van der Waals surface area contributed by atoms with Crippen molar-refractivity contribution >= 4 is 0 Å². The lowest BCUT2D eigenvalue weighted by atomic mass is 9.92. The highest BCUT2D eigenvalue weighted by Gasteiger charge is 2.13. The fourth-order valence-corrected chi connectivity index (χ4v) is 1.92. The van der Waals surface area contributed by atoms with Crippen LogP contribution in [0.25, 0.3) is 0 Å². The molecule has 0 bridgehead atoms. The van der Waals surface area contributed by atoms with Gasteiger partial charge in [0.2, 0.25) is 0 Å². The van der Waals surface area contributed by atoms with Crippen molar-refractivity contribution in [1.29, 1.82) is 0 Å². The average Bonchev–Trinajstić information content (AvgIpc) is 2.27. The average molecular weight is 233 g/mol. The van der Waals surface area contributed by atoms with Gasteiger partial charge in [0.1, 0.15) is 0 Å². The maximum atomic E-state index is 2.57. The van der Waals surface area contributed by atoms with Gasteiger partial charge in [0.25, 0.3) is 0 Å². The summed E-state index contributed by atoms with van der Waals surface area (Å²) in [6.07, 6.45) is 2.50. The fourth-order valence-electron chi connectivity index (χ4n) is 1.92. The zero-order valence-electron chi connectivity index (χ0n) is 11.9. The Morgan fingerprint density at radius 3 is 2.18 bits per heavy atom. The Morgan fingerprint density at radius 1 is 1.00 bits per heavy atom. The van der Waals surface area contributed by atoms with Crippen LogP contribution in [0.3, 0.4) is 0 Å². The second-order valence-corrected chi connectivity index (χ2v) is 6.07. The summed E-state index contributed by atoms with van der Waals surface area (Å²) in [4.78, 5) is 2.57. The molecular formula is C16H27N. The lowest BCUT2D eigenvalue weighted by molar-refractivity contribution is 0.221. The molecule has 0 heterocycles. The highest BCUT2D eigenvalue weighted by molar-refractivity contribution is 5.14. The van der Waals surface area contributed by atoms with Crippen LogP contribution in [0.1, 0.15) is 46.1 Å². The minimum absolute atomic E-state index is 0.433. The summed E-state index contributed by atoms with van der Waals surface area (Å²) in [6, 6.07) is 10.8. The van der Waals surface area contributed by atoms with E-state index in [-0.39, 0.29) is 0 Å². The van der Waals surface area contributed by atoms with Gasteiger partial charge < -0.3 is 0 Å². The van der Waals surface area contributed by atoms with Crippen molar-refractivity contribution in [2.45, 2.75) is 47.1 Å². The van der Waals surface area contributed by atoms with E-state index in [1.54, 1.807) is 0 Å². The summed E-state index contributed by atoms with van der Waals surface area (Å²) < 4.78 is 0. The number of hydrogen-bond donors (Lipinski definition) is 0. The van der Waals surface area contributed by atoms with E-state index >= 15 is 0 Å². The molecule has 0 aliphatic rings. The first-order valence-electron chi connectivity index (χ1n) is 6.77. The number of nitrogens with zero attached hydrogens (tertiary/aromatic N) is 1. The first-order chi connectivity index (χ1) is 8.01. The third kappa shape index (κ3) is 6.48. The number of benzene rings is 1. The molecular weight excluding hydrogens is 206 g/mol. The summed E-state index contributed by atoms with van der Waals surface area (Å²) in [6.45, 7) is 12.7. The molecule has 0 saturated carbocycles. The SMILES string of the molecule is CCCN(CCC(C)(C)C)Cc1ccccc1. The molecule has 0 N–H and O–H groups in total. The summed E-state index contributed by atoms with van der Waals surface area (Å²) in [7, 11) is 0. The molecule has 0 saturated heterocycles. The highest BCUT2D eigenvalue weighted by Crippen LogP contribution is 2.19. The van der Waals surface area contributed by atoms with Crippen LogP contribution in [-0.4, -0.2) is 18.0 Å². The Balaban J connectivity index is 2.49. The molecule has 0 spiro atoms. The Kier molecular flexibility index (Phi) is 5.70. The van der Waals surface area contributed by atoms with Crippen LogP contribution in [0, 0.1) is 5.41 Å². The maximum Gasteiger partial charge on any atom is 0.0233 e. The molecule has 1 nitrogen and oxygen atoms in total. The molecule has 1 aromatic rings. The first-order valence-corrected chi connectivity index (χ1v) is 6.77. The smallest absolute Gasteiger partial charge is 0.0233 e. The van der Waals surface area contributed by atoms with E-state index in [1.807, 2.05) is 0 Å². The second-order valence-electron chi connectivity index (χ2n) is 6.07. The normalized spacial score (nSPS) is 12.1. The minimum atomic E-state index is 0.433. The van der Waals surface area contributed by atoms with Crippen LogP contribution in [0.5, 0.6) is 0 Å². The predicted molar refractivity (Wildman–Crippen MR) is 76.1 cm³/mol. The van der Waals surface area contributed by atoms with Crippen molar-refractivity contribution in [3.63, 3.8) is 0 Å². The van der Waals surface area contributed by atoms with Crippen molar-refractivity contribution in [2.75, 3.05) is 13.1 Å². The van der Waals surface area contributed by atoms with Gasteiger partial charge >= 0.3 is 0 Å². The van der Waals surface area contributed by atoms with Crippen molar-refractivity contribution < 1.29 is 0 Å². The Labute approximate surface area is 107 Å². The molecule has 0 aromatic heterocycles. The van der Waals surface area contributed by atoms with Gasteiger partial charge in [-0.1, -0.05) is 58.0 Å². The number of hydrogen-bond acceptors (Lipinski definition) is 1. The monoisotopic (exact) mass is 233 g/mol. The van der Waals surface area contributed by atoms with Crippen LogP contribution < -0.4 is 0 Å². The molecule has 0 aliphatic heterocycles. The molecule has 0 atom stereocenters. The highest BCUT2D eigenvalue weighted by atomic mass is 15.1. The maximum absolute atomic E-state index is 2.57. The quantitative estimate of drug-likeness (QED) is 0.706. The zero-order chi connectivity index (χ0) is 12.7. The van der Waals surface area contributed by atoms with Gasteiger partial charge in [-0.3, -0.25) is 4.90 Å². The van der Waals surface area contributed by atoms with Crippen molar-refractivity contribution in [3.8, 4) is 0 Å². The van der Waals surface area contributed by atoms with Crippen molar-refractivity contribution in [2.24, 2.45) is 5.41 Å². The van der Waals surface area contributed by atoms with Gasteiger partial charge in [-0.05, 0) is 36.9 Å². The molecule has 96 valence electrons. The Morgan fingerprint density at radius 2 is 1.65 bits per heavy atom. The zero-order valence-corrected chi connectivity index (χ0v) is 11.9. The molecule has 0 amide bonds. The van der Waals surface area contributed by atoms with Gasteiger partial charge in [0, 0.05) is 6.54 Å². The standard InChI is InChI=1S/C16H27N/c1-5-12-17(13-11-16(2,3)4)14-15-9-7-6-8-10-15/h6-10H,5,11-14H2,1-4H3. The largest absolute Gasteiger partial charge is 0.299 e. The molecule has 1 aromatic carbocycles. The molecule has 1 rings (SSSR count). The van der Waals surface area contributed by atoms with Gasteiger partial charge in [-0.15, -0.1) is 0 Å². The van der Waals surface area contributed by atoms with Gasteiger partial charge in [0.05, 0.1) is 0 Å². The van der Waals surface area contributed by atoms with Crippen LogP contribution in [0.2, 0.25) is 0 Å². The molecule has 0 unspecified atom stereocenters. The van der Waals surface area contributed by atoms with Crippen LogP contribution in [0.4, 0.5) is 0 Å². The topological polar surface area (TPSA) is 3.24 Å². The summed E-state index contributed by atoms with van der Waals surface area (Å²) in [5.74, 6) is 0. The van der Waals surface area contributed by atoms with E-state index in [1.165, 1.54) is 31.5 Å². The molecule has 0 aliphatic carbocycles. The van der Waals surface area contributed by atoms with Crippen molar-refractivity contribution in [3.05, 3.63) is 35.9 Å². The third-order valence-electron chi connectivity index (χ3n) is 2.97. The van der Waals surface area contributed by atoms with Crippen molar-refractivity contribution in [1.82, 2.24) is 4.90 Å². The second kappa shape index (κ2) is 6.80. The van der Waals surface area contributed by atoms with Crippen LogP contribution in [-0.2, 0) is 6.54 Å². The fraction of sp³-hybridized carbons (Fsp3) is 0.625. The van der Waals surface area contributed by atoms with E-state index in [9.17, 15) is 0 Å². The summed E-state index contributed by atoms with van der Waals surface area (Å²) in [5, 5.41) is 0. The van der Waals surface area contributed by atoms with Gasteiger partial charge in [-0.2, -0.15) is 0 Å². The Bertz CT molecular complexity index is 297. The molecule has 0 fully saturated rings. The van der Waals surface area contributed by atoms with E-state index in [2.05, 4.69) is 62.9 Å². The lowest BCUT2D eigenvalue weighted by Gasteiger charge is -2.26. The summed E-state index contributed by atoms with van der Waals surface area (Å²) >= 11 is 0. The van der Waals surface area contributed by atoms with Crippen LogP contribution >= 0.6 is 0 Å². The lowest BCUT2D eigenvalue weighted by Crippen LogP contribution is -2.28. The van der Waals surface area contributed by atoms with Crippen LogP contribution in [0.15, 0.2) is 30.3 Å². The van der Waals surface area contributed by atoms with Gasteiger partial charge in [0.15, 0.2) is 0 Å². The van der Waals surface area contributed by atoms with E-state index in [0.717, 1.165) is 6.54 Å². The van der Waals surface area contributed by atoms with E-state index in [0.29, 0.717) is 5.41 Å². The molecule has 0 radical (unpaired) electrons. The molecule has 1 heteroatoms. The molecule has 17 heavy (non-hydrogen) atoms. The van der Waals surface area contributed by atoms with Gasteiger partial charge in [-0.25, -0.2) is 0 Å². The predicted octanol–water partition coefficient (Wildman–Crippen LogP) is 4.33. The Hall–Kier alpha value is -0.820. The van der Waals surface area contributed by atoms with E-state index < -0.39 is 0 Å².